The zero-order valence-electron chi connectivity index (χ0n) is 13.0. The average molecular weight is 277 g/mol. The standard InChI is InChI=1S/C16H27N3O/c1-4-9-17-15-7-6-14(11-18-15)12-19-10-5-8-16(2,13-19)20-3/h6-7,11H,4-5,8-10,12-13H2,1-3H3,(H,17,18). The lowest BCUT2D eigenvalue weighted by molar-refractivity contribution is -0.0527. The molecule has 0 aliphatic carbocycles. The lowest BCUT2D eigenvalue weighted by atomic mass is 9.94. The highest BCUT2D eigenvalue weighted by atomic mass is 16.5. The van der Waals surface area contributed by atoms with Gasteiger partial charge in [-0.15, -0.1) is 0 Å². The maximum Gasteiger partial charge on any atom is 0.125 e. The zero-order valence-corrected chi connectivity index (χ0v) is 13.0. The molecule has 1 aliphatic rings. The normalized spacial score (nSPS) is 23.8. The smallest absolute Gasteiger partial charge is 0.125 e. The summed E-state index contributed by atoms with van der Waals surface area (Å²) in [6.07, 6.45) is 5.45. The molecule has 1 N–H and O–H groups in total. The fourth-order valence-electron chi connectivity index (χ4n) is 2.74. The highest BCUT2D eigenvalue weighted by molar-refractivity contribution is 5.35. The second kappa shape index (κ2) is 7.04. The molecule has 4 heteroatoms. The van der Waals surface area contributed by atoms with Gasteiger partial charge in [-0.25, -0.2) is 4.98 Å². The van der Waals surface area contributed by atoms with Gasteiger partial charge in [-0.3, -0.25) is 4.90 Å². The molecule has 0 bridgehead atoms. The molecule has 0 aromatic carbocycles. The molecule has 0 radical (unpaired) electrons. The minimum Gasteiger partial charge on any atom is -0.377 e. The number of aromatic nitrogens is 1. The molecule has 4 nitrogen and oxygen atoms in total. The van der Waals surface area contributed by atoms with Crippen LogP contribution in [0.5, 0.6) is 0 Å². The third-order valence-electron chi connectivity index (χ3n) is 4.02. The van der Waals surface area contributed by atoms with E-state index in [0.29, 0.717) is 0 Å². The highest BCUT2D eigenvalue weighted by Gasteiger charge is 2.30. The molecule has 20 heavy (non-hydrogen) atoms. The molecular formula is C16H27N3O. The molecule has 1 fully saturated rings. The minimum atomic E-state index is 0.00823. The Balaban J connectivity index is 1.89. The van der Waals surface area contributed by atoms with E-state index in [4.69, 9.17) is 4.74 Å². The van der Waals surface area contributed by atoms with Crippen LogP contribution in [0.15, 0.2) is 18.3 Å². The number of nitrogens with zero attached hydrogens (tertiary/aromatic N) is 2. The van der Waals surface area contributed by atoms with Crippen LogP contribution < -0.4 is 5.32 Å². The van der Waals surface area contributed by atoms with Crippen LogP contribution in [-0.4, -0.2) is 42.2 Å². The van der Waals surface area contributed by atoms with Gasteiger partial charge in [0.1, 0.15) is 5.82 Å². The molecule has 2 rings (SSSR count). The molecule has 0 spiro atoms. The summed E-state index contributed by atoms with van der Waals surface area (Å²) in [5.74, 6) is 0.968. The van der Waals surface area contributed by atoms with Crippen LogP contribution in [0.1, 0.15) is 38.7 Å². The number of nitrogens with one attached hydrogen (secondary N) is 1. The van der Waals surface area contributed by atoms with E-state index >= 15 is 0 Å². The van der Waals surface area contributed by atoms with Crippen molar-refractivity contribution >= 4 is 5.82 Å². The Morgan fingerprint density at radius 2 is 2.30 bits per heavy atom. The van der Waals surface area contributed by atoms with Crippen LogP contribution in [0, 0.1) is 0 Å². The molecule has 1 saturated heterocycles. The van der Waals surface area contributed by atoms with Crippen molar-refractivity contribution in [3.8, 4) is 0 Å². The SMILES string of the molecule is CCCNc1ccc(CN2CCCC(C)(OC)C2)cn1. The largest absolute Gasteiger partial charge is 0.377 e. The number of methoxy groups -OCH3 is 1. The van der Waals surface area contributed by atoms with E-state index in [0.717, 1.165) is 44.8 Å². The summed E-state index contributed by atoms with van der Waals surface area (Å²) in [7, 11) is 1.82. The van der Waals surface area contributed by atoms with Crippen LogP contribution in [0.2, 0.25) is 0 Å². The third kappa shape index (κ3) is 4.18. The van der Waals surface area contributed by atoms with Crippen molar-refractivity contribution in [3.05, 3.63) is 23.9 Å². The first-order valence-electron chi connectivity index (χ1n) is 7.61. The van der Waals surface area contributed by atoms with Crippen LogP contribution in [0.3, 0.4) is 0 Å². The molecule has 0 amide bonds. The fourth-order valence-corrected chi connectivity index (χ4v) is 2.74. The number of hydrogen-bond donors (Lipinski definition) is 1. The van der Waals surface area contributed by atoms with Crippen molar-refractivity contribution < 1.29 is 4.74 Å². The molecule has 1 aliphatic heterocycles. The molecule has 0 saturated carbocycles. The Kier molecular flexibility index (Phi) is 5.38. The van der Waals surface area contributed by atoms with Gasteiger partial charge in [-0.2, -0.15) is 0 Å². The van der Waals surface area contributed by atoms with Crippen LogP contribution in [-0.2, 0) is 11.3 Å². The summed E-state index contributed by atoms with van der Waals surface area (Å²) < 4.78 is 5.64. The maximum absolute atomic E-state index is 5.64. The van der Waals surface area contributed by atoms with E-state index in [9.17, 15) is 0 Å². The first-order valence-corrected chi connectivity index (χ1v) is 7.61. The van der Waals surface area contributed by atoms with E-state index < -0.39 is 0 Å². The van der Waals surface area contributed by atoms with Crippen molar-refractivity contribution in [3.63, 3.8) is 0 Å². The molecule has 1 aromatic heterocycles. The lowest BCUT2D eigenvalue weighted by Gasteiger charge is -2.39. The van der Waals surface area contributed by atoms with Gasteiger partial charge in [0.2, 0.25) is 0 Å². The highest BCUT2D eigenvalue weighted by Crippen LogP contribution is 2.24. The molecule has 1 unspecified atom stereocenters. The summed E-state index contributed by atoms with van der Waals surface area (Å²) in [6, 6.07) is 4.24. The van der Waals surface area contributed by atoms with E-state index in [1.165, 1.54) is 12.0 Å². The second-order valence-electron chi connectivity index (χ2n) is 5.95. The summed E-state index contributed by atoms with van der Waals surface area (Å²) in [5.41, 5.74) is 1.28. The number of likely N-dealkylation sites (tertiary alicyclic amines) is 1. The molecule has 2 heterocycles. The summed E-state index contributed by atoms with van der Waals surface area (Å²) >= 11 is 0. The monoisotopic (exact) mass is 277 g/mol. The average Bonchev–Trinajstić information content (AvgIpc) is 2.47. The van der Waals surface area contributed by atoms with Gasteiger partial charge in [0.05, 0.1) is 5.60 Å². The molecule has 1 aromatic rings. The van der Waals surface area contributed by atoms with Gasteiger partial charge in [0, 0.05) is 32.9 Å². The van der Waals surface area contributed by atoms with Gasteiger partial charge in [-0.1, -0.05) is 13.0 Å². The maximum atomic E-state index is 5.64. The van der Waals surface area contributed by atoms with E-state index in [1.54, 1.807) is 0 Å². The van der Waals surface area contributed by atoms with Crippen molar-refractivity contribution in [2.75, 3.05) is 32.1 Å². The van der Waals surface area contributed by atoms with Gasteiger partial charge in [0.25, 0.3) is 0 Å². The van der Waals surface area contributed by atoms with E-state index in [1.807, 2.05) is 13.3 Å². The van der Waals surface area contributed by atoms with Crippen molar-refractivity contribution in [1.82, 2.24) is 9.88 Å². The van der Waals surface area contributed by atoms with Gasteiger partial charge >= 0.3 is 0 Å². The third-order valence-corrected chi connectivity index (χ3v) is 4.02. The minimum absolute atomic E-state index is 0.00823. The van der Waals surface area contributed by atoms with Gasteiger partial charge in [0.15, 0.2) is 0 Å². The Morgan fingerprint density at radius 3 is 2.95 bits per heavy atom. The topological polar surface area (TPSA) is 37.4 Å². The zero-order chi connectivity index (χ0) is 14.4. The number of rotatable bonds is 6. The molecule has 112 valence electrons. The van der Waals surface area contributed by atoms with Crippen LogP contribution in [0.25, 0.3) is 0 Å². The van der Waals surface area contributed by atoms with Crippen molar-refractivity contribution in [1.29, 1.82) is 0 Å². The number of anilines is 1. The summed E-state index contributed by atoms with van der Waals surface area (Å²) in [4.78, 5) is 6.93. The predicted molar refractivity (Wildman–Crippen MR) is 82.9 cm³/mol. The first-order chi connectivity index (χ1) is 9.65. The Bertz CT molecular complexity index is 407. The number of hydrogen-bond acceptors (Lipinski definition) is 4. The Labute approximate surface area is 122 Å². The Morgan fingerprint density at radius 1 is 1.45 bits per heavy atom. The van der Waals surface area contributed by atoms with Crippen molar-refractivity contribution in [2.45, 2.75) is 45.3 Å². The summed E-state index contributed by atoms with van der Waals surface area (Å²) in [5, 5.41) is 3.30. The van der Waals surface area contributed by atoms with Crippen molar-refractivity contribution in [2.24, 2.45) is 0 Å². The van der Waals surface area contributed by atoms with Gasteiger partial charge < -0.3 is 10.1 Å². The van der Waals surface area contributed by atoms with Crippen LogP contribution in [0.4, 0.5) is 5.82 Å². The van der Waals surface area contributed by atoms with E-state index in [-0.39, 0.29) is 5.60 Å². The Hall–Kier alpha value is -1.13. The number of pyridine rings is 1. The number of piperidine rings is 1. The molecular weight excluding hydrogens is 250 g/mol. The predicted octanol–water partition coefficient (Wildman–Crippen LogP) is 2.90. The summed E-state index contributed by atoms with van der Waals surface area (Å²) in [6.45, 7) is 8.44. The fraction of sp³-hybridized carbons (Fsp3) is 0.688. The quantitative estimate of drug-likeness (QED) is 0.867. The lowest BCUT2D eigenvalue weighted by Crippen LogP contribution is -2.46. The second-order valence-corrected chi connectivity index (χ2v) is 5.95. The van der Waals surface area contributed by atoms with Crippen LogP contribution >= 0.6 is 0 Å². The first kappa shape index (κ1) is 15.3. The van der Waals surface area contributed by atoms with E-state index in [2.05, 4.69) is 41.2 Å². The van der Waals surface area contributed by atoms with Gasteiger partial charge in [-0.05, 0) is 44.4 Å². The number of ether oxygens (including phenoxy) is 1. The molecule has 1 atom stereocenters.